The van der Waals surface area contributed by atoms with E-state index >= 15 is 0 Å². The number of nitrogens with zero attached hydrogens (tertiary/aromatic N) is 2. The molecule has 0 saturated carbocycles. The summed E-state index contributed by atoms with van der Waals surface area (Å²) in [7, 11) is 0. The maximum absolute atomic E-state index is 12.8. The van der Waals surface area contributed by atoms with E-state index in [4.69, 9.17) is 0 Å². The molecule has 1 aliphatic heterocycles. The molecule has 2 heterocycles. The van der Waals surface area contributed by atoms with Gasteiger partial charge in [0.2, 0.25) is 5.91 Å². The summed E-state index contributed by atoms with van der Waals surface area (Å²) in [6.07, 6.45) is -3.15. The lowest BCUT2D eigenvalue weighted by Crippen LogP contribution is -2.38. The number of amides is 1. The highest BCUT2D eigenvalue weighted by Gasteiger charge is 2.31. The molecule has 1 fully saturated rings. The third-order valence-corrected chi connectivity index (χ3v) is 5.97. The van der Waals surface area contributed by atoms with Gasteiger partial charge in [0.05, 0.1) is 15.8 Å². The monoisotopic (exact) mass is 405 g/mol. The number of hydrogen-bond acceptors (Lipinski definition) is 4. The Hall–Kier alpha value is -2.61. The number of halogens is 3. The topological polar surface area (TPSA) is 45.2 Å². The standard InChI is InChI=1S/C20H18F3N3OS/c21-20(22,23)14-4-3-5-15(12-14)24-18(27)13-8-10-26(11-9-13)19-25-16-6-1-2-7-17(16)28-19/h1-7,12-13H,8-11H2,(H,24,27). The molecule has 3 aromatic rings. The number of rotatable bonds is 3. The number of carbonyl (C=O) groups excluding carboxylic acids is 1. The normalized spacial score (nSPS) is 15.8. The number of anilines is 2. The number of para-hydroxylation sites is 1. The fourth-order valence-corrected chi connectivity index (χ4v) is 4.36. The predicted molar refractivity (Wildman–Crippen MR) is 105 cm³/mol. The van der Waals surface area contributed by atoms with E-state index in [-0.39, 0.29) is 17.5 Å². The minimum Gasteiger partial charge on any atom is -0.348 e. The summed E-state index contributed by atoms with van der Waals surface area (Å²) in [5, 5.41) is 3.57. The first-order valence-corrected chi connectivity index (χ1v) is 9.80. The first-order chi connectivity index (χ1) is 13.4. The van der Waals surface area contributed by atoms with E-state index in [0.29, 0.717) is 25.9 Å². The van der Waals surface area contributed by atoms with E-state index in [1.165, 1.54) is 12.1 Å². The van der Waals surface area contributed by atoms with Gasteiger partial charge in [-0.1, -0.05) is 29.5 Å². The molecule has 4 nitrogen and oxygen atoms in total. The maximum Gasteiger partial charge on any atom is 0.416 e. The Balaban J connectivity index is 1.37. The van der Waals surface area contributed by atoms with E-state index in [0.717, 1.165) is 27.5 Å². The Bertz CT molecular complexity index is 961. The number of thiazole rings is 1. The smallest absolute Gasteiger partial charge is 0.348 e. The molecule has 0 atom stereocenters. The van der Waals surface area contributed by atoms with Gasteiger partial charge in [-0.15, -0.1) is 0 Å². The highest BCUT2D eigenvalue weighted by molar-refractivity contribution is 7.22. The maximum atomic E-state index is 12.8. The summed E-state index contributed by atoms with van der Waals surface area (Å²) in [6, 6.07) is 12.7. The Labute approximate surface area is 164 Å². The van der Waals surface area contributed by atoms with Crippen molar-refractivity contribution < 1.29 is 18.0 Å². The molecule has 0 radical (unpaired) electrons. The fourth-order valence-electron chi connectivity index (χ4n) is 3.35. The minimum atomic E-state index is -4.43. The number of fused-ring (bicyclic) bond motifs is 1. The quantitative estimate of drug-likeness (QED) is 0.654. The number of carbonyl (C=O) groups is 1. The van der Waals surface area contributed by atoms with Crippen LogP contribution >= 0.6 is 11.3 Å². The van der Waals surface area contributed by atoms with Crippen molar-refractivity contribution in [1.82, 2.24) is 4.98 Å². The zero-order valence-corrected chi connectivity index (χ0v) is 15.7. The van der Waals surface area contributed by atoms with E-state index in [9.17, 15) is 18.0 Å². The molecule has 0 spiro atoms. The second kappa shape index (κ2) is 7.43. The molecule has 1 aromatic heterocycles. The first kappa shape index (κ1) is 18.7. The van der Waals surface area contributed by atoms with E-state index in [1.807, 2.05) is 24.3 Å². The van der Waals surface area contributed by atoms with Crippen LogP contribution in [0.3, 0.4) is 0 Å². The molecule has 1 saturated heterocycles. The van der Waals surface area contributed by atoms with Gasteiger partial charge in [0.15, 0.2) is 5.13 Å². The number of benzene rings is 2. The third kappa shape index (κ3) is 3.96. The number of alkyl halides is 3. The van der Waals surface area contributed by atoms with Gasteiger partial charge in [0, 0.05) is 24.7 Å². The summed E-state index contributed by atoms with van der Waals surface area (Å²) in [6.45, 7) is 1.39. The average Bonchev–Trinajstić information content (AvgIpc) is 3.12. The third-order valence-electron chi connectivity index (χ3n) is 4.88. The molecule has 1 aliphatic rings. The van der Waals surface area contributed by atoms with Gasteiger partial charge in [-0.25, -0.2) is 4.98 Å². The molecule has 2 aromatic carbocycles. The molecule has 8 heteroatoms. The van der Waals surface area contributed by atoms with E-state index in [1.54, 1.807) is 11.3 Å². The minimum absolute atomic E-state index is 0.174. The molecule has 1 amide bonds. The number of aromatic nitrogens is 1. The van der Waals surface area contributed by atoms with Crippen LogP contribution in [0, 0.1) is 5.92 Å². The lowest BCUT2D eigenvalue weighted by molar-refractivity contribution is -0.137. The van der Waals surface area contributed by atoms with Gasteiger partial charge in [-0.2, -0.15) is 13.2 Å². The summed E-state index contributed by atoms with van der Waals surface area (Å²) < 4.78 is 39.6. The van der Waals surface area contributed by atoms with Crippen molar-refractivity contribution >= 4 is 38.3 Å². The van der Waals surface area contributed by atoms with Crippen LogP contribution in [0.15, 0.2) is 48.5 Å². The second-order valence-electron chi connectivity index (χ2n) is 6.79. The van der Waals surface area contributed by atoms with Gasteiger partial charge < -0.3 is 10.2 Å². The van der Waals surface area contributed by atoms with Crippen molar-refractivity contribution in [3.05, 3.63) is 54.1 Å². The van der Waals surface area contributed by atoms with Crippen LogP contribution in [-0.4, -0.2) is 24.0 Å². The van der Waals surface area contributed by atoms with Crippen molar-refractivity contribution in [3.63, 3.8) is 0 Å². The second-order valence-corrected chi connectivity index (χ2v) is 7.80. The SMILES string of the molecule is O=C(Nc1cccc(C(F)(F)F)c1)C1CCN(c2nc3ccccc3s2)CC1. The van der Waals surface area contributed by atoms with Crippen molar-refractivity contribution in [2.75, 3.05) is 23.3 Å². The van der Waals surface area contributed by atoms with Crippen molar-refractivity contribution in [2.24, 2.45) is 5.92 Å². The number of nitrogens with one attached hydrogen (secondary N) is 1. The molecule has 4 rings (SSSR count). The zero-order chi connectivity index (χ0) is 19.7. The summed E-state index contributed by atoms with van der Waals surface area (Å²) in [4.78, 5) is 19.3. The average molecular weight is 405 g/mol. The molecule has 146 valence electrons. The molecule has 0 unspecified atom stereocenters. The lowest BCUT2D eigenvalue weighted by atomic mass is 9.96. The van der Waals surface area contributed by atoms with Crippen LogP contribution < -0.4 is 10.2 Å². The molecule has 28 heavy (non-hydrogen) atoms. The Morgan fingerprint density at radius 1 is 1.11 bits per heavy atom. The van der Waals surface area contributed by atoms with Crippen LogP contribution in [0.25, 0.3) is 10.2 Å². The number of hydrogen-bond donors (Lipinski definition) is 1. The van der Waals surface area contributed by atoms with Gasteiger partial charge in [0.25, 0.3) is 0 Å². The van der Waals surface area contributed by atoms with Crippen molar-refractivity contribution in [1.29, 1.82) is 0 Å². The number of piperidine rings is 1. The Kier molecular flexibility index (Phi) is 4.97. The van der Waals surface area contributed by atoms with E-state index in [2.05, 4.69) is 15.2 Å². The molecule has 1 N–H and O–H groups in total. The molecule has 0 bridgehead atoms. The highest BCUT2D eigenvalue weighted by atomic mass is 32.1. The van der Waals surface area contributed by atoms with Gasteiger partial charge in [-0.05, 0) is 43.2 Å². The zero-order valence-electron chi connectivity index (χ0n) is 14.9. The van der Waals surface area contributed by atoms with Crippen LogP contribution in [0.1, 0.15) is 18.4 Å². The summed E-state index contributed by atoms with van der Waals surface area (Å²) >= 11 is 1.63. The summed E-state index contributed by atoms with van der Waals surface area (Å²) in [5.74, 6) is -0.455. The van der Waals surface area contributed by atoms with Gasteiger partial charge in [-0.3, -0.25) is 4.79 Å². The Morgan fingerprint density at radius 3 is 2.57 bits per heavy atom. The fraction of sp³-hybridized carbons (Fsp3) is 0.300. The highest BCUT2D eigenvalue weighted by Crippen LogP contribution is 2.33. The molecular formula is C20H18F3N3OS. The van der Waals surface area contributed by atoms with Crippen LogP contribution in [0.4, 0.5) is 24.0 Å². The van der Waals surface area contributed by atoms with Gasteiger partial charge >= 0.3 is 6.18 Å². The molecule has 0 aliphatic carbocycles. The first-order valence-electron chi connectivity index (χ1n) is 8.99. The van der Waals surface area contributed by atoms with Crippen LogP contribution in [0.2, 0.25) is 0 Å². The van der Waals surface area contributed by atoms with E-state index < -0.39 is 11.7 Å². The largest absolute Gasteiger partial charge is 0.416 e. The predicted octanol–water partition coefficient (Wildman–Crippen LogP) is 5.17. The van der Waals surface area contributed by atoms with Crippen LogP contribution in [0.5, 0.6) is 0 Å². The van der Waals surface area contributed by atoms with Gasteiger partial charge in [0.1, 0.15) is 0 Å². The summed E-state index contributed by atoms with van der Waals surface area (Å²) in [5.41, 5.74) is 0.372. The Morgan fingerprint density at radius 2 is 1.86 bits per heavy atom. The van der Waals surface area contributed by atoms with Crippen molar-refractivity contribution in [2.45, 2.75) is 19.0 Å². The lowest BCUT2D eigenvalue weighted by Gasteiger charge is -2.31. The molecular weight excluding hydrogens is 387 g/mol. The van der Waals surface area contributed by atoms with Crippen molar-refractivity contribution in [3.8, 4) is 0 Å². The van der Waals surface area contributed by atoms with Crippen LogP contribution in [-0.2, 0) is 11.0 Å².